The van der Waals surface area contributed by atoms with E-state index in [0.29, 0.717) is 22.9 Å². The molecule has 2 rings (SSSR count). The van der Waals surface area contributed by atoms with Crippen LogP contribution in [0.25, 0.3) is 0 Å². The van der Waals surface area contributed by atoms with Gasteiger partial charge in [-0.2, -0.15) is 0 Å². The van der Waals surface area contributed by atoms with Gasteiger partial charge < -0.3 is 11.1 Å². The Morgan fingerprint density at radius 3 is 2.70 bits per heavy atom. The minimum Gasteiger partial charge on any atom is -0.399 e. The van der Waals surface area contributed by atoms with Crippen LogP contribution in [0.5, 0.6) is 0 Å². The van der Waals surface area contributed by atoms with Crippen LogP contribution in [-0.4, -0.2) is 15.0 Å². The van der Waals surface area contributed by atoms with Gasteiger partial charge in [-0.1, -0.05) is 11.6 Å². The van der Waals surface area contributed by atoms with Gasteiger partial charge in [0, 0.05) is 24.6 Å². The Balaban J connectivity index is 2.11. The lowest BCUT2D eigenvalue weighted by Crippen LogP contribution is -2.28. The highest BCUT2D eigenvalue weighted by molar-refractivity contribution is 6.33. The Hall–Kier alpha value is -2.21. The van der Waals surface area contributed by atoms with E-state index < -0.39 is 0 Å². The predicted octanol–water partition coefficient (Wildman–Crippen LogP) is 1.54. The van der Waals surface area contributed by atoms with Crippen LogP contribution < -0.4 is 16.7 Å². The smallest absolute Gasteiger partial charge is 0.328 e. The minimum absolute atomic E-state index is 0.0725. The second-order valence-corrected chi connectivity index (χ2v) is 4.69. The zero-order valence-electron chi connectivity index (χ0n) is 11.0. The number of hydrogen-bond donors (Lipinski definition) is 2. The maximum atomic E-state index is 11.9. The molecule has 1 heterocycles. The zero-order chi connectivity index (χ0) is 14.7. The molecule has 106 valence electrons. The van der Waals surface area contributed by atoms with Gasteiger partial charge in [0.1, 0.15) is 6.54 Å². The Kier molecular flexibility index (Phi) is 4.14. The van der Waals surface area contributed by atoms with Gasteiger partial charge in [0.05, 0.1) is 10.7 Å². The molecule has 6 nitrogen and oxygen atoms in total. The zero-order valence-corrected chi connectivity index (χ0v) is 11.7. The number of nitrogens with two attached hydrogens (primary N) is 1. The average molecular weight is 295 g/mol. The topological polar surface area (TPSA) is 82.1 Å². The van der Waals surface area contributed by atoms with E-state index in [-0.39, 0.29) is 18.1 Å². The predicted molar refractivity (Wildman–Crippen MR) is 78.9 cm³/mol. The molecule has 0 saturated heterocycles. The van der Waals surface area contributed by atoms with Gasteiger partial charge in [0.15, 0.2) is 0 Å². The van der Waals surface area contributed by atoms with Crippen molar-refractivity contribution in [3.63, 3.8) is 0 Å². The number of rotatable bonds is 4. The van der Waals surface area contributed by atoms with Gasteiger partial charge in [0.2, 0.25) is 5.91 Å². The fraction of sp³-hybridized carbons (Fsp3) is 0.231. The van der Waals surface area contributed by atoms with Crippen LogP contribution in [0, 0.1) is 0 Å². The maximum Gasteiger partial charge on any atom is 0.328 e. The highest BCUT2D eigenvalue weighted by atomic mass is 35.5. The molecule has 0 radical (unpaired) electrons. The van der Waals surface area contributed by atoms with Gasteiger partial charge in [-0.25, -0.2) is 4.79 Å². The van der Waals surface area contributed by atoms with E-state index in [4.69, 9.17) is 17.3 Å². The molecule has 1 amide bonds. The number of halogens is 1. The van der Waals surface area contributed by atoms with Crippen molar-refractivity contribution in [2.45, 2.75) is 20.0 Å². The molecule has 2 aromatic rings. The number of benzene rings is 1. The van der Waals surface area contributed by atoms with Crippen LogP contribution in [0.2, 0.25) is 5.02 Å². The number of amides is 1. The van der Waals surface area contributed by atoms with Gasteiger partial charge in [-0.3, -0.25) is 13.9 Å². The number of anilines is 2. The van der Waals surface area contributed by atoms with Gasteiger partial charge in [-0.05, 0) is 25.1 Å². The summed E-state index contributed by atoms with van der Waals surface area (Å²) in [5.41, 5.74) is 6.34. The highest BCUT2D eigenvalue weighted by Gasteiger charge is 2.09. The SMILES string of the molecule is CCn1ccn(CC(=O)Nc2cc(N)ccc2Cl)c1=O. The van der Waals surface area contributed by atoms with E-state index in [1.54, 1.807) is 30.6 Å². The number of nitrogen functional groups attached to an aromatic ring is 1. The van der Waals surface area contributed by atoms with Crippen LogP contribution in [-0.2, 0) is 17.9 Å². The molecule has 20 heavy (non-hydrogen) atoms. The Morgan fingerprint density at radius 1 is 1.35 bits per heavy atom. The summed E-state index contributed by atoms with van der Waals surface area (Å²) in [6.45, 7) is 2.35. The molecular weight excluding hydrogens is 280 g/mol. The fourth-order valence-electron chi connectivity index (χ4n) is 1.80. The Labute approximate surface area is 120 Å². The minimum atomic E-state index is -0.339. The van der Waals surface area contributed by atoms with Crippen molar-refractivity contribution in [3.8, 4) is 0 Å². The van der Waals surface area contributed by atoms with Gasteiger partial charge >= 0.3 is 5.69 Å². The summed E-state index contributed by atoms with van der Waals surface area (Å²) in [5.74, 6) is -0.339. The highest BCUT2D eigenvalue weighted by Crippen LogP contribution is 2.23. The quantitative estimate of drug-likeness (QED) is 0.839. The molecule has 0 atom stereocenters. The molecule has 0 fully saturated rings. The first-order valence-electron chi connectivity index (χ1n) is 6.11. The molecule has 1 aromatic heterocycles. The van der Waals surface area contributed by atoms with E-state index in [9.17, 15) is 9.59 Å². The number of carbonyl (C=O) groups is 1. The van der Waals surface area contributed by atoms with Crippen LogP contribution in [0.3, 0.4) is 0 Å². The standard InChI is InChI=1S/C13H15ClN4O2/c1-2-17-5-6-18(13(17)20)8-12(19)16-11-7-9(15)3-4-10(11)14/h3-7H,2,8,15H2,1H3,(H,16,19). The summed E-state index contributed by atoms with van der Waals surface area (Å²) in [7, 11) is 0. The van der Waals surface area contributed by atoms with E-state index in [0.717, 1.165) is 0 Å². The third-order valence-corrected chi connectivity index (χ3v) is 3.17. The molecule has 3 N–H and O–H groups in total. The number of aromatic nitrogens is 2. The molecular formula is C13H15ClN4O2. The molecule has 0 spiro atoms. The fourth-order valence-corrected chi connectivity index (χ4v) is 1.96. The summed E-state index contributed by atoms with van der Waals surface area (Å²) in [4.78, 5) is 23.7. The number of imidazole rings is 1. The van der Waals surface area contributed by atoms with Crippen molar-refractivity contribution >= 4 is 28.9 Å². The third kappa shape index (κ3) is 3.03. The number of nitrogens with zero attached hydrogens (tertiary/aromatic N) is 2. The first kappa shape index (κ1) is 14.2. The molecule has 7 heteroatoms. The molecule has 0 aliphatic carbocycles. The number of aryl methyl sites for hydroxylation is 1. The van der Waals surface area contributed by atoms with E-state index in [1.165, 1.54) is 9.13 Å². The monoisotopic (exact) mass is 294 g/mol. The lowest BCUT2D eigenvalue weighted by molar-refractivity contribution is -0.116. The summed E-state index contributed by atoms with van der Waals surface area (Å²) >= 11 is 5.96. The van der Waals surface area contributed by atoms with Crippen LogP contribution in [0.15, 0.2) is 35.4 Å². The molecule has 0 unspecified atom stereocenters. The van der Waals surface area contributed by atoms with Crippen molar-refractivity contribution in [2.24, 2.45) is 0 Å². The maximum absolute atomic E-state index is 11.9. The summed E-state index contributed by atoms with van der Waals surface area (Å²) in [5, 5.41) is 3.03. The summed E-state index contributed by atoms with van der Waals surface area (Å²) in [6, 6.07) is 4.82. The van der Waals surface area contributed by atoms with Crippen molar-refractivity contribution in [1.29, 1.82) is 0 Å². The lowest BCUT2D eigenvalue weighted by atomic mass is 10.3. The number of hydrogen-bond acceptors (Lipinski definition) is 3. The summed E-state index contributed by atoms with van der Waals surface area (Å²) < 4.78 is 2.85. The van der Waals surface area contributed by atoms with Crippen LogP contribution in [0.1, 0.15) is 6.92 Å². The van der Waals surface area contributed by atoms with Crippen molar-refractivity contribution < 1.29 is 4.79 Å². The number of nitrogens with one attached hydrogen (secondary N) is 1. The van der Waals surface area contributed by atoms with Crippen molar-refractivity contribution in [1.82, 2.24) is 9.13 Å². The van der Waals surface area contributed by atoms with Gasteiger partial charge in [-0.15, -0.1) is 0 Å². The van der Waals surface area contributed by atoms with Crippen molar-refractivity contribution in [3.05, 3.63) is 46.1 Å². The normalized spacial score (nSPS) is 10.5. The molecule has 0 bridgehead atoms. The Morgan fingerprint density at radius 2 is 2.05 bits per heavy atom. The van der Waals surface area contributed by atoms with Crippen LogP contribution in [0.4, 0.5) is 11.4 Å². The molecule has 0 aliphatic rings. The second-order valence-electron chi connectivity index (χ2n) is 4.28. The lowest BCUT2D eigenvalue weighted by Gasteiger charge is -2.08. The first-order valence-corrected chi connectivity index (χ1v) is 6.49. The van der Waals surface area contributed by atoms with E-state index >= 15 is 0 Å². The number of carbonyl (C=O) groups excluding carboxylic acids is 1. The summed E-state index contributed by atoms with van der Waals surface area (Å²) in [6.07, 6.45) is 3.22. The van der Waals surface area contributed by atoms with E-state index in [2.05, 4.69) is 5.32 Å². The molecule has 0 aliphatic heterocycles. The van der Waals surface area contributed by atoms with Crippen LogP contribution >= 0.6 is 11.6 Å². The van der Waals surface area contributed by atoms with E-state index in [1.807, 2.05) is 6.92 Å². The molecule has 1 aromatic carbocycles. The average Bonchev–Trinajstić information content (AvgIpc) is 2.75. The van der Waals surface area contributed by atoms with Crippen molar-refractivity contribution in [2.75, 3.05) is 11.1 Å². The largest absolute Gasteiger partial charge is 0.399 e. The third-order valence-electron chi connectivity index (χ3n) is 2.84. The Bertz CT molecular complexity index is 690. The van der Waals surface area contributed by atoms with Gasteiger partial charge in [0.25, 0.3) is 0 Å². The first-order chi connectivity index (χ1) is 9.51. The second kappa shape index (κ2) is 5.83. The molecule has 0 saturated carbocycles.